The Balaban J connectivity index is 3.18. The maximum atomic E-state index is 10.9. The van der Waals surface area contributed by atoms with E-state index in [2.05, 4.69) is 0 Å². The summed E-state index contributed by atoms with van der Waals surface area (Å²) >= 11 is 0. The quantitative estimate of drug-likeness (QED) is 0.630. The van der Waals surface area contributed by atoms with Crippen LogP contribution in [0.3, 0.4) is 0 Å². The third-order valence-electron chi connectivity index (χ3n) is 3.22. The molecule has 0 aliphatic carbocycles. The second-order valence-corrected chi connectivity index (χ2v) is 6.32. The summed E-state index contributed by atoms with van der Waals surface area (Å²) in [6.45, 7) is 2.28. The zero-order chi connectivity index (χ0) is 17.6. The monoisotopic (exact) mass is 349 g/mol. The maximum absolute atomic E-state index is 10.9. The van der Waals surface area contributed by atoms with Crippen LogP contribution in [0.4, 0.5) is 5.69 Å². The topological polar surface area (TPSA) is 106 Å². The third kappa shape index (κ3) is 5.45. The van der Waals surface area contributed by atoms with Crippen molar-refractivity contribution >= 4 is 15.8 Å². The van der Waals surface area contributed by atoms with Gasteiger partial charge in [0.1, 0.15) is 28.7 Å². The number of aliphatic hydroxyl groups excluding tert-OH is 1. The SMILES string of the molecule is CCN(CC(O)CS(=O)(=O)O)c1c(OC)cc(OC)cc1OC. The van der Waals surface area contributed by atoms with Gasteiger partial charge in [-0.1, -0.05) is 0 Å². The van der Waals surface area contributed by atoms with Gasteiger partial charge in [0.25, 0.3) is 10.1 Å². The highest BCUT2D eigenvalue weighted by atomic mass is 32.2. The lowest BCUT2D eigenvalue weighted by Gasteiger charge is -2.28. The lowest BCUT2D eigenvalue weighted by molar-refractivity contribution is 0.199. The van der Waals surface area contributed by atoms with Crippen LogP contribution in [-0.4, -0.2) is 64.4 Å². The molecule has 9 heteroatoms. The van der Waals surface area contributed by atoms with Gasteiger partial charge in [-0.15, -0.1) is 0 Å². The zero-order valence-electron chi connectivity index (χ0n) is 13.6. The summed E-state index contributed by atoms with van der Waals surface area (Å²) in [4.78, 5) is 1.70. The molecule has 0 fully saturated rings. The van der Waals surface area contributed by atoms with E-state index in [4.69, 9.17) is 18.8 Å². The normalized spacial score (nSPS) is 12.6. The highest BCUT2D eigenvalue weighted by Gasteiger charge is 2.23. The van der Waals surface area contributed by atoms with Crippen molar-refractivity contribution < 1.29 is 32.3 Å². The summed E-state index contributed by atoms with van der Waals surface area (Å²) in [5, 5.41) is 9.89. The van der Waals surface area contributed by atoms with Crippen LogP contribution in [0.15, 0.2) is 12.1 Å². The van der Waals surface area contributed by atoms with Crippen LogP contribution < -0.4 is 19.1 Å². The van der Waals surface area contributed by atoms with Crippen LogP contribution >= 0.6 is 0 Å². The van der Waals surface area contributed by atoms with E-state index in [0.717, 1.165) is 0 Å². The Hall–Kier alpha value is -1.71. The summed E-state index contributed by atoms with van der Waals surface area (Å²) in [5.74, 6) is 0.714. The molecule has 0 spiro atoms. The predicted octanol–water partition coefficient (Wildman–Crippen LogP) is 0.787. The molecule has 0 heterocycles. The molecule has 23 heavy (non-hydrogen) atoms. The van der Waals surface area contributed by atoms with Crippen molar-refractivity contribution in [2.24, 2.45) is 0 Å². The first-order valence-electron chi connectivity index (χ1n) is 6.93. The molecule has 1 rings (SSSR count). The number of rotatable bonds is 9. The number of anilines is 1. The molecular weight excluding hydrogens is 326 g/mol. The molecule has 132 valence electrons. The average Bonchev–Trinajstić information content (AvgIpc) is 2.49. The van der Waals surface area contributed by atoms with E-state index < -0.39 is 22.0 Å². The Labute approximate surface area is 136 Å². The predicted molar refractivity (Wildman–Crippen MR) is 86.4 cm³/mol. The second kappa shape index (κ2) is 8.23. The van der Waals surface area contributed by atoms with Gasteiger partial charge in [-0.2, -0.15) is 8.42 Å². The van der Waals surface area contributed by atoms with E-state index >= 15 is 0 Å². The smallest absolute Gasteiger partial charge is 0.267 e. The van der Waals surface area contributed by atoms with Gasteiger partial charge in [0.05, 0.1) is 27.4 Å². The molecule has 0 aliphatic heterocycles. The van der Waals surface area contributed by atoms with E-state index in [0.29, 0.717) is 29.5 Å². The molecule has 1 unspecified atom stereocenters. The van der Waals surface area contributed by atoms with Crippen LogP contribution in [0.2, 0.25) is 0 Å². The van der Waals surface area contributed by atoms with Crippen molar-refractivity contribution in [3.63, 3.8) is 0 Å². The summed E-state index contributed by atoms with van der Waals surface area (Å²) in [6.07, 6.45) is -1.26. The van der Waals surface area contributed by atoms with Crippen molar-refractivity contribution in [1.82, 2.24) is 0 Å². The van der Waals surface area contributed by atoms with Crippen molar-refractivity contribution in [2.45, 2.75) is 13.0 Å². The zero-order valence-corrected chi connectivity index (χ0v) is 14.5. The van der Waals surface area contributed by atoms with Gasteiger partial charge in [0.15, 0.2) is 0 Å². The molecule has 0 aliphatic rings. The van der Waals surface area contributed by atoms with E-state index in [-0.39, 0.29) is 6.54 Å². The number of hydrogen-bond donors (Lipinski definition) is 2. The minimum absolute atomic E-state index is 0.0185. The fourth-order valence-corrected chi connectivity index (χ4v) is 2.82. The first kappa shape index (κ1) is 19.3. The summed E-state index contributed by atoms with van der Waals surface area (Å²) in [5.41, 5.74) is 0.563. The van der Waals surface area contributed by atoms with Crippen molar-refractivity contribution in [1.29, 1.82) is 0 Å². The van der Waals surface area contributed by atoms with Gasteiger partial charge in [-0.05, 0) is 6.92 Å². The molecule has 8 nitrogen and oxygen atoms in total. The molecule has 0 aromatic heterocycles. The third-order valence-corrected chi connectivity index (χ3v) is 4.03. The number of aliphatic hydroxyl groups is 1. The van der Waals surface area contributed by atoms with Gasteiger partial charge >= 0.3 is 0 Å². The van der Waals surface area contributed by atoms with E-state index in [1.807, 2.05) is 6.92 Å². The van der Waals surface area contributed by atoms with Crippen molar-refractivity contribution in [3.8, 4) is 17.2 Å². The molecule has 0 saturated heterocycles. The van der Waals surface area contributed by atoms with Crippen LogP contribution in [0.5, 0.6) is 17.2 Å². The molecule has 1 aromatic carbocycles. The molecule has 0 radical (unpaired) electrons. The molecule has 0 bridgehead atoms. The highest BCUT2D eigenvalue weighted by Crippen LogP contribution is 2.41. The number of ether oxygens (including phenoxy) is 3. The van der Waals surface area contributed by atoms with Gasteiger partial charge in [0, 0.05) is 25.2 Å². The first-order chi connectivity index (χ1) is 10.8. The highest BCUT2D eigenvalue weighted by molar-refractivity contribution is 7.85. The molecule has 2 N–H and O–H groups in total. The Kier molecular flexibility index (Phi) is 6.92. The maximum Gasteiger partial charge on any atom is 0.267 e. The first-order valence-corrected chi connectivity index (χ1v) is 8.54. The summed E-state index contributed by atoms with van der Waals surface area (Å²) < 4.78 is 46.5. The molecule has 0 saturated carbocycles. The fraction of sp³-hybridized carbons (Fsp3) is 0.571. The van der Waals surface area contributed by atoms with Gasteiger partial charge < -0.3 is 24.2 Å². The van der Waals surface area contributed by atoms with Gasteiger partial charge in [-0.25, -0.2) is 0 Å². The Morgan fingerprint density at radius 1 is 1.13 bits per heavy atom. The van der Waals surface area contributed by atoms with E-state index in [1.54, 1.807) is 17.0 Å². The molecule has 1 aromatic rings. The second-order valence-electron chi connectivity index (χ2n) is 4.82. The molecular formula is C14H23NO7S. The lowest BCUT2D eigenvalue weighted by Crippen LogP contribution is -2.36. The minimum Gasteiger partial charge on any atom is -0.496 e. The molecule has 1 atom stereocenters. The number of benzene rings is 1. The van der Waals surface area contributed by atoms with Crippen LogP contribution in [0, 0.1) is 0 Å². The number of hydrogen-bond acceptors (Lipinski definition) is 7. The van der Waals surface area contributed by atoms with Crippen LogP contribution in [0.25, 0.3) is 0 Å². The van der Waals surface area contributed by atoms with E-state index in [9.17, 15) is 13.5 Å². The number of likely N-dealkylation sites (N-methyl/N-ethyl adjacent to an activating group) is 1. The van der Waals surface area contributed by atoms with E-state index in [1.165, 1.54) is 21.3 Å². The fourth-order valence-electron chi connectivity index (χ4n) is 2.23. The van der Waals surface area contributed by atoms with Gasteiger partial charge in [0.2, 0.25) is 0 Å². The largest absolute Gasteiger partial charge is 0.496 e. The lowest BCUT2D eigenvalue weighted by atomic mass is 10.2. The van der Waals surface area contributed by atoms with Crippen molar-refractivity contribution in [3.05, 3.63) is 12.1 Å². The number of nitrogens with zero attached hydrogens (tertiary/aromatic N) is 1. The Morgan fingerprint density at radius 3 is 2.00 bits per heavy atom. The van der Waals surface area contributed by atoms with Gasteiger partial charge in [-0.3, -0.25) is 4.55 Å². The van der Waals surface area contributed by atoms with Crippen LogP contribution in [-0.2, 0) is 10.1 Å². The molecule has 0 amide bonds. The summed E-state index contributed by atoms with van der Waals surface area (Å²) in [7, 11) is 0.227. The summed E-state index contributed by atoms with van der Waals surface area (Å²) in [6, 6.07) is 3.32. The average molecular weight is 349 g/mol. The Bertz CT molecular complexity index is 593. The number of methoxy groups -OCH3 is 3. The standard InChI is InChI=1S/C14H23NO7S/c1-5-15(8-10(16)9-23(17,18)19)14-12(21-3)6-11(20-2)7-13(14)22-4/h6-7,10,16H,5,8-9H2,1-4H3,(H,17,18,19). The van der Waals surface area contributed by atoms with Crippen LogP contribution in [0.1, 0.15) is 6.92 Å². The van der Waals surface area contributed by atoms with Crippen molar-refractivity contribution in [2.75, 3.05) is 45.1 Å². The minimum atomic E-state index is -4.26. The Morgan fingerprint density at radius 2 is 1.65 bits per heavy atom.